The van der Waals surface area contributed by atoms with Crippen molar-refractivity contribution < 1.29 is 23.8 Å². The Balaban J connectivity index is 1.75. The van der Waals surface area contributed by atoms with Crippen LogP contribution in [0, 0.1) is 5.82 Å². The van der Waals surface area contributed by atoms with Crippen molar-refractivity contribution in [3.05, 3.63) is 35.8 Å². The zero-order chi connectivity index (χ0) is 16.4. The molecule has 0 spiro atoms. The molecular weight excluding hydrogens is 303 g/mol. The summed E-state index contributed by atoms with van der Waals surface area (Å²) < 4.78 is 18.5. The van der Waals surface area contributed by atoms with Gasteiger partial charge in [0.05, 0.1) is 0 Å². The van der Waals surface area contributed by atoms with Gasteiger partial charge in [-0.1, -0.05) is 0 Å². The Morgan fingerprint density at radius 3 is 3.00 bits per heavy atom. The molecule has 7 heteroatoms. The van der Waals surface area contributed by atoms with E-state index in [9.17, 15) is 19.1 Å². The summed E-state index contributed by atoms with van der Waals surface area (Å²) in [6, 6.07) is 3.20. The van der Waals surface area contributed by atoms with Crippen molar-refractivity contribution in [2.24, 2.45) is 0 Å². The summed E-state index contributed by atoms with van der Waals surface area (Å²) in [7, 11) is 0. The maximum absolute atomic E-state index is 13.2. The summed E-state index contributed by atoms with van der Waals surface area (Å²) in [6.07, 6.45) is 2.57. The standard InChI is InChI=1S/C16H17FN2O4/c17-10-3-4-11-9(8-18-12(11)7-10)6-13(16(21)22)19-15(20)14-2-1-5-23-14/h3-4,7-8,13-14,18H,1-2,5-6H2,(H,19,20)(H,21,22)/t13-,14+/m0/s1. The van der Waals surface area contributed by atoms with Gasteiger partial charge in [-0.3, -0.25) is 4.79 Å². The number of ether oxygens (including phenoxy) is 1. The second-order valence-electron chi connectivity index (χ2n) is 5.61. The first kappa shape index (κ1) is 15.5. The minimum absolute atomic E-state index is 0.111. The molecule has 1 aromatic carbocycles. The number of fused-ring (bicyclic) bond motifs is 1. The predicted molar refractivity (Wildman–Crippen MR) is 80.5 cm³/mol. The number of carboxylic acids is 1. The summed E-state index contributed by atoms with van der Waals surface area (Å²) in [5.41, 5.74) is 1.30. The number of benzene rings is 1. The van der Waals surface area contributed by atoms with Gasteiger partial charge < -0.3 is 20.1 Å². The lowest BCUT2D eigenvalue weighted by atomic mass is 10.0. The van der Waals surface area contributed by atoms with E-state index in [1.807, 2.05) is 0 Å². The molecule has 2 heterocycles. The molecule has 0 aliphatic carbocycles. The highest BCUT2D eigenvalue weighted by atomic mass is 19.1. The number of H-pyrrole nitrogens is 1. The molecule has 0 bridgehead atoms. The molecule has 122 valence electrons. The average molecular weight is 320 g/mol. The van der Waals surface area contributed by atoms with E-state index in [0.29, 0.717) is 24.1 Å². The predicted octanol–water partition coefficient (Wildman–Crippen LogP) is 1.60. The molecule has 0 saturated carbocycles. The minimum Gasteiger partial charge on any atom is -0.480 e. The molecule has 1 aliphatic rings. The third-order valence-electron chi connectivity index (χ3n) is 3.99. The van der Waals surface area contributed by atoms with Crippen LogP contribution in [0.3, 0.4) is 0 Å². The van der Waals surface area contributed by atoms with E-state index >= 15 is 0 Å². The molecule has 1 fully saturated rings. The van der Waals surface area contributed by atoms with Crippen LogP contribution in [0.2, 0.25) is 0 Å². The summed E-state index contributed by atoms with van der Waals surface area (Å²) in [4.78, 5) is 26.4. The first-order valence-electron chi connectivity index (χ1n) is 7.45. The molecular formula is C16H17FN2O4. The molecule has 6 nitrogen and oxygen atoms in total. The Bertz CT molecular complexity index is 737. The van der Waals surface area contributed by atoms with Gasteiger partial charge >= 0.3 is 5.97 Å². The van der Waals surface area contributed by atoms with Crippen LogP contribution in [0.4, 0.5) is 4.39 Å². The molecule has 3 N–H and O–H groups in total. The summed E-state index contributed by atoms with van der Waals surface area (Å²) >= 11 is 0. The quantitative estimate of drug-likeness (QED) is 0.780. The number of carbonyl (C=O) groups excluding carboxylic acids is 1. The third-order valence-corrected chi connectivity index (χ3v) is 3.99. The zero-order valence-corrected chi connectivity index (χ0v) is 12.3. The molecule has 2 atom stereocenters. The van der Waals surface area contributed by atoms with Crippen molar-refractivity contribution in [2.75, 3.05) is 6.61 Å². The first-order valence-corrected chi connectivity index (χ1v) is 7.45. The van der Waals surface area contributed by atoms with E-state index < -0.39 is 24.0 Å². The van der Waals surface area contributed by atoms with Crippen molar-refractivity contribution in [3.63, 3.8) is 0 Å². The lowest BCUT2D eigenvalue weighted by Gasteiger charge is -2.17. The fourth-order valence-electron chi connectivity index (χ4n) is 2.80. The summed E-state index contributed by atoms with van der Waals surface area (Å²) in [5, 5.41) is 12.6. The van der Waals surface area contributed by atoms with Gasteiger partial charge in [-0.25, -0.2) is 9.18 Å². The zero-order valence-electron chi connectivity index (χ0n) is 12.3. The van der Waals surface area contributed by atoms with Crippen molar-refractivity contribution >= 4 is 22.8 Å². The Morgan fingerprint density at radius 1 is 1.48 bits per heavy atom. The second kappa shape index (κ2) is 6.37. The second-order valence-corrected chi connectivity index (χ2v) is 5.61. The number of aromatic amines is 1. The highest BCUT2D eigenvalue weighted by molar-refractivity contribution is 5.88. The average Bonchev–Trinajstić information content (AvgIpc) is 3.16. The maximum Gasteiger partial charge on any atom is 0.326 e. The number of aliphatic carboxylic acids is 1. The van der Waals surface area contributed by atoms with Gasteiger partial charge in [0.15, 0.2) is 0 Å². The summed E-state index contributed by atoms with van der Waals surface area (Å²) in [6.45, 7) is 0.518. The van der Waals surface area contributed by atoms with E-state index in [1.165, 1.54) is 12.1 Å². The molecule has 1 saturated heterocycles. The van der Waals surface area contributed by atoms with E-state index in [-0.39, 0.29) is 12.2 Å². The number of hydrogen-bond donors (Lipinski definition) is 3. The highest BCUT2D eigenvalue weighted by Gasteiger charge is 2.28. The van der Waals surface area contributed by atoms with Crippen LogP contribution < -0.4 is 5.32 Å². The van der Waals surface area contributed by atoms with Crippen LogP contribution in [-0.2, 0) is 20.7 Å². The van der Waals surface area contributed by atoms with Gasteiger partial charge in [0.2, 0.25) is 5.91 Å². The van der Waals surface area contributed by atoms with E-state index in [4.69, 9.17) is 4.74 Å². The first-order chi connectivity index (χ1) is 11.0. The largest absolute Gasteiger partial charge is 0.480 e. The molecule has 2 aromatic rings. The van der Waals surface area contributed by atoms with Gasteiger partial charge in [-0.2, -0.15) is 0 Å². The van der Waals surface area contributed by atoms with Gasteiger partial charge in [0, 0.05) is 30.1 Å². The highest BCUT2D eigenvalue weighted by Crippen LogP contribution is 2.21. The minimum atomic E-state index is -1.12. The Kier molecular flexibility index (Phi) is 4.29. The molecule has 23 heavy (non-hydrogen) atoms. The fourth-order valence-corrected chi connectivity index (χ4v) is 2.80. The van der Waals surface area contributed by atoms with Crippen LogP contribution in [0.1, 0.15) is 18.4 Å². The van der Waals surface area contributed by atoms with E-state index in [1.54, 1.807) is 12.3 Å². The Hall–Kier alpha value is -2.41. The van der Waals surface area contributed by atoms with Crippen LogP contribution in [-0.4, -0.2) is 40.7 Å². The monoisotopic (exact) mass is 320 g/mol. The van der Waals surface area contributed by atoms with Crippen molar-refractivity contribution in [1.82, 2.24) is 10.3 Å². The van der Waals surface area contributed by atoms with Gasteiger partial charge in [0.1, 0.15) is 18.0 Å². The van der Waals surface area contributed by atoms with E-state index in [0.717, 1.165) is 11.8 Å². The number of aromatic nitrogens is 1. The van der Waals surface area contributed by atoms with Gasteiger partial charge in [0.25, 0.3) is 0 Å². The number of halogens is 1. The van der Waals surface area contributed by atoms with E-state index in [2.05, 4.69) is 10.3 Å². The molecule has 3 rings (SSSR count). The number of rotatable bonds is 5. The lowest BCUT2D eigenvalue weighted by molar-refractivity contribution is -0.143. The number of carbonyl (C=O) groups is 2. The fraction of sp³-hybridized carbons (Fsp3) is 0.375. The number of carboxylic acid groups (broad SMARTS) is 1. The maximum atomic E-state index is 13.2. The van der Waals surface area contributed by atoms with Crippen LogP contribution in [0.25, 0.3) is 10.9 Å². The SMILES string of the molecule is O=C(O)[C@H](Cc1c[nH]c2cc(F)ccc12)NC(=O)[C@H]1CCCO1. The van der Waals surface area contributed by atoms with Crippen LogP contribution in [0.15, 0.2) is 24.4 Å². The van der Waals surface area contributed by atoms with Crippen molar-refractivity contribution in [1.29, 1.82) is 0 Å². The molecule has 1 aliphatic heterocycles. The van der Waals surface area contributed by atoms with Crippen molar-refractivity contribution in [2.45, 2.75) is 31.4 Å². The summed E-state index contributed by atoms with van der Waals surface area (Å²) in [5.74, 6) is -1.89. The Morgan fingerprint density at radius 2 is 2.30 bits per heavy atom. The lowest BCUT2D eigenvalue weighted by Crippen LogP contribution is -2.46. The number of nitrogens with one attached hydrogen (secondary N) is 2. The number of amides is 1. The molecule has 0 unspecified atom stereocenters. The molecule has 1 aromatic heterocycles. The van der Waals surface area contributed by atoms with Crippen molar-refractivity contribution in [3.8, 4) is 0 Å². The molecule has 1 amide bonds. The van der Waals surface area contributed by atoms with Crippen LogP contribution >= 0.6 is 0 Å². The molecule has 0 radical (unpaired) electrons. The smallest absolute Gasteiger partial charge is 0.326 e. The Labute approximate surface area is 131 Å². The normalized spacial score (nSPS) is 18.9. The van der Waals surface area contributed by atoms with Gasteiger partial charge in [-0.05, 0) is 36.6 Å². The van der Waals surface area contributed by atoms with Crippen LogP contribution in [0.5, 0.6) is 0 Å². The number of hydrogen-bond acceptors (Lipinski definition) is 3. The third kappa shape index (κ3) is 3.34. The topological polar surface area (TPSA) is 91.4 Å². The van der Waals surface area contributed by atoms with Gasteiger partial charge in [-0.15, -0.1) is 0 Å².